The largest absolute Gasteiger partial charge is 0.328 e. The van der Waals surface area contributed by atoms with E-state index in [1.807, 2.05) is 28.8 Å². The van der Waals surface area contributed by atoms with Gasteiger partial charge in [0.25, 0.3) is 0 Å². The lowest BCUT2D eigenvalue weighted by molar-refractivity contribution is 0.247. The molecule has 7 nitrogen and oxygen atoms in total. The summed E-state index contributed by atoms with van der Waals surface area (Å²) < 4.78 is 1.90. The Morgan fingerprint density at radius 3 is 2.83 bits per heavy atom. The molecule has 0 aliphatic rings. The van der Waals surface area contributed by atoms with Gasteiger partial charge in [-0.15, -0.1) is 10.2 Å². The molecule has 118 valence electrons. The summed E-state index contributed by atoms with van der Waals surface area (Å²) in [7, 11) is 0. The van der Waals surface area contributed by atoms with Crippen molar-refractivity contribution in [1.82, 2.24) is 24.9 Å². The molecule has 3 aromatic rings. The Morgan fingerprint density at radius 1 is 1.22 bits per heavy atom. The molecule has 23 heavy (non-hydrogen) atoms. The molecule has 1 unspecified atom stereocenters. The van der Waals surface area contributed by atoms with Crippen molar-refractivity contribution in [3.05, 3.63) is 54.7 Å². The van der Waals surface area contributed by atoms with Gasteiger partial charge in [-0.2, -0.15) is 0 Å². The van der Waals surface area contributed by atoms with Gasteiger partial charge in [-0.3, -0.25) is 9.38 Å². The molecule has 0 aliphatic carbocycles. The number of carbonyl (C=O) groups excluding carboxylic acids is 1. The van der Waals surface area contributed by atoms with Gasteiger partial charge in [-0.05, 0) is 30.7 Å². The summed E-state index contributed by atoms with van der Waals surface area (Å²) in [5.74, 6) is 0.729. The monoisotopic (exact) mass is 310 g/mol. The lowest BCUT2D eigenvalue weighted by Crippen LogP contribution is -2.33. The molecule has 0 radical (unpaired) electrons. The zero-order valence-electron chi connectivity index (χ0n) is 12.8. The van der Waals surface area contributed by atoms with E-state index in [2.05, 4.69) is 32.7 Å². The van der Waals surface area contributed by atoms with Crippen LogP contribution >= 0.6 is 0 Å². The Morgan fingerprint density at radius 2 is 2.04 bits per heavy atom. The van der Waals surface area contributed by atoms with Gasteiger partial charge < -0.3 is 10.6 Å². The molecule has 0 aromatic carbocycles. The molecule has 2 N–H and O–H groups in total. The lowest BCUT2D eigenvalue weighted by atomic mass is 10.1. The molecule has 3 heterocycles. The second-order valence-electron chi connectivity index (χ2n) is 5.16. The van der Waals surface area contributed by atoms with Crippen molar-refractivity contribution >= 4 is 17.4 Å². The van der Waals surface area contributed by atoms with Crippen molar-refractivity contribution in [3.63, 3.8) is 0 Å². The van der Waals surface area contributed by atoms with Crippen LogP contribution in [0.4, 0.5) is 10.5 Å². The molecule has 3 aromatic heterocycles. The van der Waals surface area contributed by atoms with Crippen LogP contribution in [0.3, 0.4) is 0 Å². The van der Waals surface area contributed by atoms with Gasteiger partial charge >= 0.3 is 6.03 Å². The van der Waals surface area contributed by atoms with Crippen molar-refractivity contribution in [2.75, 3.05) is 5.32 Å². The van der Waals surface area contributed by atoms with Gasteiger partial charge in [0.05, 0.1) is 6.04 Å². The first kappa shape index (κ1) is 15.0. The van der Waals surface area contributed by atoms with Crippen LogP contribution in [0.5, 0.6) is 0 Å². The molecule has 3 rings (SSSR count). The molecule has 0 bridgehead atoms. The van der Waals surface area contributed by atoms with Gasteiger partial charge in [0.15, 0.2) is 11.5 Å². The van der Waals surface area contributed by atoms with Crippen LogP contribution in [-0.4, -0.2) is 25.6 Å². The van der Waals surface area contributed by atoms with Crippen LogP contribution in [0.2, 0.25) is 0 Å². The van der Waals surface area contributed by atoms with Crippen LogP contribution in [-0.2, 0) is 0 Å². The Kier molecular flexibility index (Phi) is 4.46. The summed E-state index contributed by atoms with van der Waals surface area (Å²) in [6.07, 6.45) is 6.85. The first-order valence-electron chi connectivity index (χ1n) is 7.55. The minimum absolute atomic E-state index is 0.209. The highest BCUT2D eigenvalue weighted by atomic mass is 16.2. The van der Waals surface area contributed by atoms with Crippen molar-refractivity contribution in [2.24, 2.45) is 0 Å². The fourth-order valence-corrected chi connectivity index (χ4v) is 2.41. The van der Waals surface area contributed by atoms with E-state index in [9.17, 15) is 4.79 Å². The third kappa shape index (κ3) is 3.45. The number of pyridine rings is 2. The average Bonchev–Trinajstić information content (AvgIpc) is 2.99. The number of nitrogens with one attached hydrogen (secondary N) is 2. The number of fused-ring (bicyclic) bond motifs is 1. The third-order valence-electron chi connectivity index (χ3n) is 3.47. The topological polar surface area (TPSA) is 84.2 Å². The van der Waals surface area contributed by atoms with Crippen molar-refractivity contribution < 1.29 is 4.79 Å². The van der Waals surface area contributed by atoms with E-state index in [1.54, 1.807) is 24.5 Å². The molecule has 1 atom stereocenters. The number of hydrogen-bond donors (Lipinski definition) is 2. The fourth-order valence-electron chi connectivity index (χ4n) is 2.41. The predicted molar refractivity (Wildman–Crippen MR) is 87.0 cm³/mol. The average molecular weight is 310 g/mol. The first-order valence-corrected chi connectivity index (χ1v) is 7.55. The molecular weight excluding hydrogens is 292 g/mol. The quantitative estimate of drug-likeness (QED) is 0.759. The normalized spacial score (nSPS) is 12.0. The van der Waals surface area contributed by atoms with Crippen LogP contribution in [0.1, 0.15) is 31.6 Å². The molecule has 0 aliphatic heterocycles. The number of urea groups is 1. The summed E-state index contributed by atoms with van der Waals surface area (Å²) in [6.45, 7) is 2.07. The van der Waals surface area contributed by atoms with Gasteiger partial charge in [-0.25, -0.2) is 4.79 Å². The summed E-state index contributed by atoms with van der Waals surface area (Å²) in [6, 6.07) is 8.70. The van der Waals surface area contributed by atoms with Crippen molar-refractivity contribution in [2.45, 2.75) is 25.8 Å². The number of rotatable bonds is 5. The van der Waals surface area contributed by atoms with E-state index >= 15 is 0 Å². The van der Waals surface area contributed by atoms with Gasteiger partial charge in [-0.1, -0.05) is 19.4 Å². The number of anilines is 1. The van der Waals surface area contributed by atoms with Crippen LogP contribution in [0, 0.1) is 0 Å². The molecular formula is C16H18N6O. The summed E-state index contributed by atoms with van der Waals surface area (Å²) >= 11 is 0. The van der Waals surface area contributed by atoms with Gasteiger partial charge in [0.1, 0.15) is 0 Å². The Hall–Kier alpha value is -2.96. The molecule has 0 spiro atoms. The van der Waals surface area contributed by atoms with Crippen molar-refractivity contribution in [1.29, 1.82) is 0 Å². The Labute approximate surface area is 133 Å². The minimum atomic E-state index is -0.276. The zero-order valence-corrected chi connectivity index (χ0v) is 12.8. The standard InChI is InChI=1S/C16H18N6O/c1-2-5-13(15-21-20-14-6-3-4-11-22(14)15)19-16(23)18-12-7-9-17-10-8-12/h3-4,6-11,13H,2,5H2,1H3,(H2,17,18,19,23). The second kappa shape index (κ2) is 6.87. The van der Waals surface area contributed by atoms with Crippen LogP contribution < -0.4 is 10.6 Å². The number of hydrogen-bond acceptors (Lipinski definition) is 4. The van der Waals surface area contributed by atoms with Gasteiger partial charge in [0.2, 0.25) is 0 Å². The second-order valence-corrected chi connectivity index (χ2v) is 5.16. The number of amides is 2. The Balaban J connectivity index is 1.77. The van der Waals surface area contributed by atoms with Gasteiger partial charge in [0, 0.05) is 24.3 Å². The summed E-state index contributed by atoms with van der Waals surface area (Å²) in [5, 5.41) is 14.1. The SMILES string of the molecule is CCCC(NC(=O)Nc1ccncc1)c1nnc2ccccn12. The number of nitrogens with zero attached hydrogens (tertiary/aromatic N) is 4. The predicted octanol–water partition coefficient (Wildman–Crippen LogP) is 2.79. The van der Waals surface area contributed by atoms with E-state index in [-0.39, 0.29) is 12.1 Å². The maximum Gasteiger partial charge on any atom is 0.319 e. The van der Waals surface area contributed by atoms with Crippen molar-refractivity contribution in [3.8, 4) is 0 Å². The zero-order chi connectivity index (χ0) is 16.1. The molecule has 0 saturated carbocycles. The van der Waals surface area contributed by atoms with Crippen LogP contribution in [0.15, 0.2) is 48.9 Å². The molecule has 2 amide bonds. The first-order chi connectivity index (χ1) is 11.3. The summed E-state index contributed by atoms with van der Waals surface area (Å²) in [4.78, 5) is 16.2. The highest BCUT2D eigenvalue weighted by molar-refractivity contribution is 5.89. The third-order valence-corrected chi connectivity index (χ3v) is 3.47. The van der Waals surface area contributed by atoms with E-state index in [4.69, 9.17) is 0 Å². The molecule has 7 heteroatoms. The summed E-state index contributed by atoms with van der Waals surface area (Å²) in [5.41, 5.74) is 1.46. The van der Waals surface area contributed by atoms with E-state index in [0.29, 0.717) is 5.69 Å². The highest BCUT2D eigenvalue weighted by Crippen LogP contribution is 2.18. The Bertz CT molecular complexity index is 785. The maximum absolute atomic E-state index is 12.2. The van der Waals surface area contributed by atoms with E-state index in [1.165, 1.54) is 0 Å². The van der Waals surface area contributed by atoms with Crippen LogP contribution in [0.25, 0.3) is 5.65 Å². The smallest absolute Gasteiger partial charge is 0.319 e. The lowest BCUT2D eigenvalue weighted by Gasteiger charge is -2.17. The van der Waals surface area contributed by atoms with E-state index in [0.717, 1.165) is 24.3 Å². The number of aromatic nitrogens is 4. The maximum atomic E-state index is 12.2. The fraction of sp³-hybridized carbons (Fsp3) is 0.250. The molecule has 0 saturated heterocycles. The molecule has 0 fully saturated rings. The minimum Gasteiger partial charge on any atom is -0.328 e. The van der Waals surface area contributed by atoms with E-state index < -0.39 is 0 Å². The highest BCUT2D eigenvalue weighted by Gasteiger charge is 2.19. The number of carbonyl (C=O) groups is 1.